The van der Waals surface area contributed by atoms with Gasteiger partial charge >= 0.3 is 0 Å². The zero-order valence-corrected chi connectivity index (χ0v) is 13.6. The third-order valence-corrected chi connectivity index (χ3v) is 3.81. The minimum atomic E-state index is -0.169. The number of hydrogen-bond donors (Lipinski definition) is 1. The number of aromatic nitrogens is 1. The maximum absolute atomic E-state index is 12.5. The van der Waals surface area contributed by atoms with Crippen molar-refractivity contribution < 1.29 is 14.3 Å². The average Bonchev–Trinajstić information content (AvgIpc) is 2.65. The molecule has 0 unspecified atom stereocenters. The van der Waals surface area contributed by atoms with Crippen molar-refractivity contribution in [3.05, 3.63) is 65.9 Å². The number of rotatable bonds is 5. The molecule has 3 rings (SSSR count). The Bertz CT molecular complexity index is 872. The van der Waals surface area contributed by atoms with E-state index in [0.29, 0.717) is 29.1 Å². The second-order valence-electron chi connectivity index (χ2n) is 5.24. The molecule has 5 nitrogen and oxygen atoms in total. The molecule has 1 amide bonds. The zero-order valence-electron chi connectivity index (χ0n) is 13.6. The normalized spacial score (nSPS) is 10.4. The number of benzene rings is 2. The van der Waals surface area contributed by atoms with E-state index in [0.717, 1.165) is 10.9 Å². The molecule has 0 aliphatic heterocycles. The summed E-state index contributed by atoms with van der Waals surface area (Å²) in [5.41, 5.74) is 2.12. The van der Waals surface area contributed by atoms with Crippen LogP contribution in [0.2, 0.25) is 0 Å². The van der Waals surface area contributed by atoms with E-state index >= 15 is 0 Å². The number of carbonyl (C=O) groups excluding carboxylic acids is 1. The Labute approximate surface area is 140 Å². The quantitative estimate of drug-likeness (QED) is 0.784. The lowest BCUT2D eigenvalue weighted by atomic mass is 10.1. The van der Waals surface area contributed by atoms with Crippen LogP contribution >= 0.6 is 0 Å². The van der Waals surface area contributed by atoms with Crippen molar-refractivity contribution in [1.82, 2.24) is 10.3 Å². The molecule has 0 atom stereocenters. The molecule has 0 saturated carbocycles. The lowest BCUT2D eigenvalue weighted by molar-refractivity contribution is 0.0952. The molecule has 0 aliphatic rings. The lowest BCUT2D eigenvalue weighted by Gasteiger charge is -2.12. The molecule has 24 heavy (non-hydrogen) atoms. The Kier molecular flexibility index (Phi) is 4.61. The molecule has 3 aromatic rings. The van der Waals surface area contributed by atoms with Gasteiger partial charge in [0, 0.05) is 29.8 Å². The van der Waals surface area contributed by atoms with Crippen molar-refractivity contribution in [2.45, 2.75) is 6.54 Å². The summed E-state index contributed by atoms with van der Waals surface area (Å²) in [7, 11) is 3.19. The van der Waals surface area contributed by atoms with E-state index in [1.54, 1.807) is 32.5 Å². The van der Waals surface area contributed by atoms with Crippen molar-refractivity contribution in [2.75, 3.05) is 14.2 Å². The number of methoxy groups -OCH3 is 2. The molecular formula is C19H18N2O3. The van der Waals surface area contributed by atoms with Crippen LogP contribution in [0.3, 0.4) is 0 Å². The highest BCUT2D eigenvalue weighted by atomic mass is 16.5. The Morgan fingerprint density at radius 3 is 2.71 bits per heavy atom. The van der Waals surface area contributed by atoms with Crippen molar-refractivity contribution in [3.8, 4) is 11.5 Å². The van der Waals surface area contributed by atoms with Gasteiger partial charge in [-0.15, -0.1) is 0 Å². The molecule has 0 fully saturated rings. The first-order chi connectivity index (χ1) is 11.7. The Balaban J connectivity index is 1.80. The van der Waals surface area contributed by atoms with Crippen LogP contribution < -0.4 is 14.8 Å². The summed E-state index contributed by atoms with van der Waals surface area (Å²) < 4.78 is 10.5. The molecule has 0 aliphatic carbocycles. The van der Waals surface area contributed by atoms with Crippen LogP contribution in [0.5, 0.6) is 11.5 Å². The van der Waals surface area contributed by atoms with E-state index in [2.05, 4.69) is 10.3 Å². The standard InChI is InChI=1S/C19H18N2O3/c1-23-15-9-8-14(17(11-15)24-2)12-21-19(22)16-7-3-5-13-6-4-10-20-18(13)16/h3-11H,12H2,1-2H3,(H,21,22). The molecule has 0 radical (unpaired) electrons. The Morgan fingerprint density at radius 2 is 1.92 bits per heavy atom. The topological polar surface area (TPSA) is 60.5 Å². The minimum absolute atomic E-state index is 0.169. The van der Waals surface area contributed by atoms with Crippen LogP contribution in [0.25, 0.3) is 10.9 Å². The summed E-state index contributed by atoms with van der Waals surface area (Å²) in [6, 6.07) is 14.9. The minimum Gasteiger partial charge on any atom is -0.497 e. The fraction of sp³-hybridized carbons (Fsp3) is 0.158. The summed E-state index contributed by atoms with van der Waals surface area (Å²) in [6.07, 6.45) is 1.69. The summed E-state index contributed by atoms with van der Waals surface area (Å²) in [5, 5.41) is 3.86. The van der Waals surface area contributed by atoms with Gasteiger partial charge in [0.2, 0.25) is 0 Å². The largest absolute Gasteiger partial charge is 0.497 e. The molecule has 5 heteroatoms. The third kappa shape index (κ3) is 3.15. The van der Waals surface area contributed by atoms with Crippen LogP contribution in [0.1, 0.15) is 15.9 Å². The maximum atomic E-state index is 12.5. The number of amides is 1. The second kappa shape index (κ2) is 7.00. The van der Waals surface area contributed by atoms with Gasteiger partial charge in [-0.2, -0.15) is 0 Å². The van der Waals surface area contributed by atoms with Gasteiger partial charge < -0.3 is 14.8 Å². The van der Waals surface area contributed by atoms with E-state index in [1.165, 1.54) is 0 Å². The van der Waals surface area contributed by atoms with Crippen molar-refractivity contribution in [3.63, 3.8) is 0 Å². The van der Waals surface area contributed by atoms with Crippen LogP contribution in [-0.2, 0) is 6.54 Å². The van der Waals surface area contributed by atoms with Gasteiger partial charge in [-0.25, -0.2) is 0 Å². The fourth-order valence-electron chi connectivity index (χ4n) is 2.56. The van der Waals surface area contributed by atoms with Crippen LogP contribution in [-0.4, -0.2) is 25.1 Å². The Hall–Kier alpha value is -3.08. The van der Waals surface area contributed by atoms with Crippen molar-refractivity contribution in [2.24, 2.45) is 0 Å². The van der Waals surface area contributed by atoms with Gasteiger partial charge in [-0.1, -0.05) is 18.2 Å². The van der Waals surface area contributed by atoms with Gasteiger partial charge in [0.25, 0.3) is 5.91 Å². The number of para-hydroxylation sites is 1. The van der Waals surface area contributed by atoms with Gasteiger partial charge in [0.1, 0.15) is 11.5 Å². The number of pyridine rings is 1. The monoisotopic (exact) mass is 322 g/mol. The molecule has 1 aromatic heterocycles. The number of nitrogens with zero attached hydrogens (tertiary/aromatic N) is 1. The summed E-state index contributed by atoms with van der Waals surface area (Å²) in [4.78, 5) is 16.8. The van der Waals surface area contributed by atoms with E-state index in [1.807, 2.05) is 36.4 Å². The first kappa shape index (κ1) is 15.8. The van der Waals surface area contributed by atoms with E-state index in [-0.39, 0.29) is 5.91 Å². The number of nitrogens with one attached hydrogen (secondary N) is 1. The fourth-order valence-corrected chi connectivity index (χ4v) is 2.56. The highest BCUT2D eigenvalue weighted by Gasteiger charge is 2.12. The smallest absolute Gasteiger partial charge is 0.253 e. The van der Waals surface area contributed by atoms with Crippen LogP contribution in [0.15, 0.2) is 54.7 Å². The van der Waals surface area contributed by atoms with E-state index < -0.39 is 0 Å². The molecule has 122 valence electrons. The molecule has 2 aromatic carbocycles. The second-order valence-corrected chi connectivity index (χ2v) is 5.24. The predicted molar refractivity (Wildman–Crippen MR) is 92.5 cm³/mol. The maximum Gasteiger partial charge on any atom is 0.253 e. The zero-order chi connectivity index (χ0) is 16.9. The molecular weight excluding hydrogens is 304 g/mol. The van der Waals surface area contributed by atoms with Crippen LogP contribution in [0, 0.1) is 0 Å². The summed E-state index contributed by atoms with van der Waals surface area (Å²) in [6.45, 7) is 0.356. The number of hydrogen-bond acceptors (Lipinski definition) is 4. The molecule has 1 N–H and O–H groups in total. The first-order valence-corrected chi connectivity index (χ1v) is 7.56. The SMILES string of the molecule is COc1ccc(CNC(=O)c2cccc3cccnc23)c(OC)c1. The van der Waals surface area contributed by atoms with Gasteiger partial charge in [-0.05, 0) is 24.3 Å². The van der Waals surface area contributed by atoms with E-state index in [4.69, 9.17) is 9.47 Å². The van der Waals surface area contributed by atoms with Gasteiger partial charge in [0.15, 0.2) is 0 Å². The summed E-state index contributed by atoms with van der Waals surface area (Å²) >= 11 is 0. The first-order valence-electron chi connectivity index (χ1n) is 7.56. The van der Waals surface area contributed by atoms with Crippen LogP contribution in [0.4, 0.5) is 0 Å². The third-order valence-electron chi connectivity index (χ3n) is 3.81. The highest BCUT2D eigenvalue weighted by Crippen LogP contribution is 2.24. The summed E-state index contributed by atoms with van der Waals surface area (Å²) in [5.74, 6) is 1.21. The van der Waals surface area contributed by atoms with Crippen molar-refractivity contribution >= 4 is 16.8 Å². The number of carbonyl (C=O) groups is 1. The highest BCUT2D eigenvalue weighted by molar-refractivity contribution is 6.05. The Morgan fingerprint density at radius 1 is 1.08 bits per heavy atom. The lowest BCUT2D eigenvalue weighted by Crippen LogP contribution is -2.23. The molecule has 0 saturated heterocycles. The molecule has 0 bridgehead atoms. The van der Waals surface area contributed by atoms with Crippen molar-refractivity contribution in [1.29, 1.82) is 0 Å². The average molecular weight is 322 g/mol. The number of fused-ring (bicyclic) bond motifs is 1. The predicted octanol–water partition coefficient (Wildman–Crippen LogP) is 3.18. The molecule has 1 heterocycles. The number of ether oxygens (including phenoxy) is 2. The van der Waals surface area contributed by atoms with E-state index in [9.17, 15) is 4.79 Å². The van der Waals surface area contributed by atoms with Gasteiger partial charge in [-0.3, -0.25) is 9.78 Å². The molecule has 0 spiro atoms. The van der Waals surface area contributed by atoms with Gasteiger partial charge in [0.05, 0.1) is 25.3 Å².